The molecule has 0 unspecified atom stereocenters. The number of anilines is 1. The predicted molar refractivity (Wildman–Crippen MR) is 53.5 cm³/mol. The monoisotopic (exact) mass is 194 g/mol. The van der Waals surface area contributed by atoms with Crippen molar-refractivity contribution >= 4 is 17.0 Å². The van der Waals surface area contributed by atoms with E-state index in [0.717, 1.165) is 15.6 Å². The van der Waals surface area contributed by atoms with E-state index in [2.05, 4.69) is 10.1 Å². The van der Waals surface area contributed by atoms with Crippen molar-refractivity contribution in [1.82, 2.24) is 14.8 Å². The highest BCUT2D eigenvalue weighted by Crippen LogP contribution is 2.29. The predicted octanol–water partition coefficient (Wildman–Crippen LogP) is 1.43. The number of rotatable bonds is 1. The minimum atomic E-state index is 0.700. The van der Waals surface area contributed by atoms with Crippen molar-refractivity contribution in [2.24, 2.45) is 7.05 Å². The summed E-state index contributed by atoms with van der Waals surface area (Å²) in [4.78, 5) is 5.24. The molecule has 68 valence electrons. The average molecular weight is 194 g/mol. The van der Waals surface area contributed by atoms with E-state index in [1.807, 2.05) is 20.2 Å². The van der Waals surface area contributed by atoms with Crippen molar-refractivity contribution in [3.05, 3.63) is 17.4 Å². The fourth-order valence-corrected chi connectivity index (χ4v) is 2.10. The maximum Gasteiger partial charge on any atom is 0.102 e. The van der Waals surface area contributed by atoms with Crippen LogP contribution in [0.25, 0.3) is 10.6 Å². The first-order valence-corrected chi connectivity index (χ1v) is 4.70. The largest absolute Gasteiger partial charge is 0.396 e. The molecule has 2 aromatic rings. The van der Waals surface area contributed by atoms with Crippen molar-refractivity contribution in [2.75, 3.05) is 5.73 Å². The Morgan fingerprint density at radius 2 is 2.23 bits per heavy atom. The van der Waals surface area contributed by atoms with E-state index in [0.29, 0.717) is 5.69 Å². The van der Waals surface area contributed by atoms with Gasteiger partial charge in [0.2, 0.25) is 0 Å². The Hall–Kier alpha value is -1.36. The highest BCUT2D eigenvalue weighted by Gasteiger charge is 2.10. The third-order valence-electron chi connectivity index (χ3n) is 1.82. The molecule has 0 atom stereocenters. The molecular formula is C8H10N4S. The molecule has 0 fully saturated rings. The standard InChI is InChI=1S/C8H10N4S/c1-5-10-4-7(13-5)8-6(9)3-11-12(8)2/h3-4H,9H2,1-2H3. The fraction of sp³-hybridized carbons (Fsp3) is 0.250. The van der Waals surface area contributed by atoms with Gasteiger partial charge in [-0.15, -0.1) is 11.3 Å². The molecule has 0 radical (unpaired) electrons. The number of aryl methyl sites for hydroxylation is 2. The van der Waals surface area contributed by atoms with E-state index in [4.69, 9.17) is 5.73 Å². The van der Waals surface area contributed by atoms with E-state index in [9.17, 15) is 0 Å². The summed E-state index contributed by atoms with van der Waals surface area (Å²) in [7, 11) is 1.88. The lowest BCUT2D eigenvalue weighted by Gasteiger charge is -1.97. The van der Waals surface area contributed by atoms with Crippen LogP contribution in [0.1, 0.15) is 5.01 Å². The van der Waals surface area contributed by atoms with Crippen molar-refractivity contribution < 1.29 is 0 Å². The zero-order valence-electron chi connectivity index (χ0n) is 7.48. The molecule has 2 rings (SSSR count). The van der Waals surface area contributed by atoms with Gasteiger partial charge in [-0.25, -0.2) is 4.98 Å². The van der Waals surface area contributed by atoms with Crippen LogP contribution >= 0.6 is 11.3 Å². The Bertz CT molecular complexity index is 410. The van der Waals surface area contributed by atoms with Gasteiger partial charge in [0.25, 0.3) is 0 Å². The second-order valence-corrected chi connectivity index (χ2v) is 4.05. The third-order valence-corrected chi connectivity index (χ3v) is 2.74. The minimum Gasteiger partial charge on any atom is -0.396 e. The zero-order valence-corrected chi connectivity index (χ0v) is 8.30. The summed E-state index contributed by atoms with van der Waals surface area (Å²) in [6.07, 6.45) is 3.48. The van der Waals surface area contributed by atoms with Gasteiger partial charge in [-0.1, -0.05) is 0 Å². The van der Waals surface area contributed by atoms with E-state index in [1.54, 1.807) is 22.2 Å². The topological polar surface area (TPSA) is 56.7 Å². The summed E-state index contributed by atoms with van der Waals surface area (Å²) >= 11 is 1.62. The van der Waals surface area contributed by atoms with Gasteiger partial charge < -0.3 is 5.73 Å². The van der Waals surface area contributed by atoms with Gasteiger partial charge in [-0.3, -0.25) is 4.68 Å². The quantitative estimate of drug-likeness (QED) is 0.747. The Kier molecular flexibility index (Phi) is 1.81. The summed E-state index contributed by atoms with van der Waals surface area (Å²) in [5.41, 5.74) is 7.43. The number of thiazole rings is 1. The van der Waals surface area contributed by atoms with Crippen molar-refractivity contribution in [1.29, 1.82) is 0 Å². The molecule has 0 bridgehead atoms. The van der Waals surface area contributed by atoms with E-state index >= 15 is 0 Å². The number of hydrogen-bond acceptors (Lipinski definition) is 4. The first-order chi connectivity index (χ1) is 6.18. The summed E-state index contributed by atoms with van der Waals surface area (Å²) in [6.45, 7) is 1.97. The highest BCUT2D eigenvalue weighted by atomic mass is 32.1. The molecule has 0 amide bonds. The van der Waals surface area contributed by atoms with Crippen LogP contribution in [-0.4, -0.2) is 14.8 Å². The van der Waals surface area contributed by atoms with Gasteiger partial charge in [0, 0.05) is 13.2 Å². The molecule has 2 aromatic heterocycles. The van der Waals surface area contributed by atoms with E-state index in [-0.39, 0.29) is 0 Å². The molecule has 2 heterocycles. The Labute approximate surface area is 80.0 Å². The van der Waals surface area contributed by atoms with Crippen LogP contribution in [0, 0.1) is 6.92 Å². The van der Waals surface area contributed by atoms with E-state index < -0.39 is 0 Å². The van der Waals surface area contributed by atoms with Crippen LogP contribution in [0.2, 0.25) is 0 Å². The maximum absolute atomic E-state index is 5.78. The molecule has 0 saturated carbocycles. The molecule has 0 aromatic carbocycles. The molecule has 0 aliphatic carbocycles. The van der Waals surface area contributed by atoms with Crippen LogP contribution < -0.4 is 5.73 Å². The summed E-state index contributed by atoms with van der Waals surface area (Å²) in [6, 6.07) is 0. The number of nitrogens with zero attached hydrogens (tertiary/aromatic N) is 3. The lowest BCUT2D eigenvalue weighted by Crippen LogP contribution is -1.93. The van der Waals surface area contributed by atoms with Crippen molar-refractivity contribution in [3.63, 3.8) is 0 Å². The van der Waals surface area contributed by atoms with Crippen LogP contribution in [-0.2, 0) is 7.05 Å². The SMILES string of the molecule is Cc1ncc(-c2c(N)cnn2C)s1. The molecule has 0 spiro atoms. The third kappa shape index (κ3) is 1.31. The summed E-state index contributed by atoms with van der Waals surface area (Å²) in [5, 5.41) is 5.11. The van der Waals surface area contributed by atoms with Gasteiger partial charge in [0.1, 0.15) is 5.69 Å². The van der Waals surface area contributed by atoms with Crippen LogP contribution in [0.3, 0.4) is 0 Å². The van der Waals surface area contributed by atoms with Gasteiger partial charge in [0.05, 0.1) is 21.8 Å². The molecule has 0 saturated heterocycles. The molecule has 0 aliphatic rings. The lowest BCUT2D eigenvalue weighted by atomic mass is 10.3. The second kappa shape index (κ2) is 2.85. The number of nitrogen functional groups attached to an aromatic ring is 1. The molecule has 13 heavy (non-hydrogen) atoms. The number of aromatic nitrogens is 3. The molecule has 4 nitrogen and oxygen atoms in total. The average Bonchev–Trinajstić information content (AvgIpc) is 2.60. The summed E-state index contributed by atoms with van der Waals surface area (Å²) in [5.74, 6) is 0. The molecule has 0 aliphatic heterocycles. The van der Waals surface area contributed by atoms with Crippen LogP contribution in [0.15, 0.2) is 12.4 Å². The first-order valence-electron chi connectivity index (χ1n) is 3.89. The Morgan fingerprint density at radius 3 is 2.69 bits per heavy atom. The highest BCUT2D eigenvalue weighted by molar-refractivity contribution is 7.15. The molecule has 5 heteroatoms. The molecular weight excluding hydrogens is 184 g/mol. The summed E-state index contributed by atoms with van der Waals surface area (Å²) < 4.78 is 1.77. The van der Waals surface area contributed by atoms with Crippen LogP contribution in [0.4, 0.5) is 5.69 Å². The number of nitrogens with two attached hydrogens (primary N) is 1. The normalized spacial score (nSPS) is 10.6. The Balaban J connectivity index is 2.57. The van der Waals surface area contributed by atoms with E-state index in [1.165, 1.54) is 0 Å². The lowest BCUT2D eigenvalue weighted by molar-refractivity contribution is 0.777. The van der Waals surface area contributed by atoms with Crippen molar-refractivity contribution in [3.8, 4) is 10.6 Å². The smallest absolute Gasteiger partial charge is 0.102 e. The van der Waals surface area contributed by atoms with Gasteiger partial charge in [-0.05, 0) is 6.92 Å². The van der Waals surface area contributed by atoms with Crippen LogP contribution in [0.5, 0.6) is 0 Å². The Morgan fingerprint density at radius 1 is 1.46 bits per heavy atom. The maximum atomic E-state index is 5.78. The van der Waals surface area contributed by atoms with Crippen molar-refractivity contribution in [2.45, 2.75) is 6.92 Å². The second-order valence-electron chi connectivity index (χ2n) is 2.82. The van der Waals surface area contributed by atoms with Gasteiger partial charge >= 0.3 is 0 Å². The van der Waals surface area contributed by atoms with Gasteiger partial charge in [-0.2, -0.15) is 5.10 Å². The first kappa shape index (κ1) is 8.25. The van der Waals surface area contributed by atoms with Gasteiger partial charge in [0.15, 0.2) is 0 Å². The fourth-order valence-electron chi connectivity index (χ4n) is 1.23. The number of hydrogen-bond donors (Lipinski definition) is 1. The minimum absolute atomic E-state index is 0.700. The molecule has 2 N–H and O–H groups in total. The zero-order chi connectivity index (χ0) is 9.42.